The van der Waals surface area contributed by atoms with Gasteiger partial charge in [0.15, 0.2) is 17.5 Å². The number of rotatable bonds is 6. The Morgan fingerprint density at radius 3 is 2.52 bits per heavy atom. The van der Waals surface area contributed by atoms with E-state index in [0.717, 1.165) is 31.7 Å². The van der Waals surface area contributed by atoms with Crippen LogP contribution in [0.5, 0.6) is 11.5 Å². The van der Waals surface area contributed by atoms with Crippen LogP contribution in [0.15, 0.2) is 23.2 Å². The molecular formula is C17H28IN5O2. The summed E-state index contributed by atoms with van der Waals surface area (Å²) >= 11 is 0. The second-order valence-electron chi connectivity index (χ2n) is 6.26. The Kier molecular flexibility index (Phi) is 7.57. The number of nitrogens with one attached hydrogen (secondary N) is 1. The van der Waals surface area contributed by atoms with E-state index in [1.807, 2.05) is 18.2 Å². The molecule has 3 saturated heterocycles. The number of hydrogen-bond acceptors (Lipinski definition) is 5. The van der Waals surface area contributed by atoms with Crippen molar-refractivity contribution in [1.29, 1.82) is 0 Å². The number of methoxy groups -OCH3 is 2. The fourth-order valence-electron chi connectivity index (χ4n) is 3.35. The van der Waals surface area contributed by atoms with Gasteiger partial charge < -0.3 is 20.5 Å². The van der Waals surface area contributed by atoms with Crippen LogP contribution in [0.2, 0.25) is 0 Å². The number of fused-ring (bicyclic) bond motifs is 3. The highest BCUT2D eigenvalue weighted by Crippen LogP contribution is 2.27. The van der Waals surface area contributed by atoms with Crippen molar-refractivity contribution < 1.29 is 9.47 Å². The molecule has 3 aliphatic heterocycles. The highest BCUT2D eigenvalue weighted by molar-refractivity contribution is 14.0. The van der Waals surface area contributed by atoms with Gasteiger partial charge in [-0.1, -0.05) is 6.07 Å². The number of hydrogen-bond donors (Lipinski definition) is 2. The first-order chi connectivity index (χ1) is 11.7. The van der Waals surface area contributed by atoms with Gasteiger partial charge in [0.05, 0.1) is 20.8 Å². The number of guanidine groups is 1. The summed E-state index contributed by atoms with van der Waals surface area (Å²) in [6.07, 6.45) is 0. The Labute approximate surface area is 166 Å². The summed E-state index contributed by atoms with van der Waals surface area (Å²) in [4.78, 5) is 9.48. The molecule has 1 aromatic carbocycles. The predicted molar refractivity (Wildman–Crippen MR) is 110 cm³/mol. The second-order valence-corrected chi connectivity index (χ2v) is 6.26. The van der Waals surface area contributed by atoms with Crippen LogP contribution in [0.1, 0.15) is 5.56 Å². The summed E-state index contributed by atoms with van der Waals surface area (Å²) in [6.45, 7) is 7.19. The van der Waals surface area contributed by atoms with E-state index in [1.165, 1.54) is 13.1 Å². The van der Waals surface area contributed by atoms with Gasteiger partial charge in [-0.3, -0.25) is 9.80 Å². The van der Waals surface area contributed by atoms with Gasteiger partial charge in [-0.05, 0) is 17.7 Å². The average Bonchev–Trinajstić information content (AvgIpc) is 2.65. The zero-order chi connectivity index (χ0) is 16.9. The van der Waals surface area contributed by atoms with Crippen LogP contribution in [0, 0.1) is 0 Å². The Bertz CT molecular complexity index is 590. The molecule has 1 atom stereocenters. The molecule has 2 bridgehead atoms. The third-order valence-corrected chi connectivity index (χ3v) is 4.79. The summed E-state index contributed by atoms with van der Waals surface area (Å²) in [5, 5.41) is 3.26. The van der Waals surface area contributed by atoms with Crippen LogP contribution in [0.3, 0.4) is 0 Å². The van der Waals surface area contributed by atoms with Crippen LogP contribution < -0.4 is 20.5 Å². The molecule has 7 nitrogen and oxygen atoms in total. The summed E-state index contributed by atoms with van der Waals surface area (Å²) in [5.74, 6) is 1.91. The maximum absolute atomic E-state index is 6.01. The molecule has 0 aromatic heterocycles. The minimum Gasteiger partial charge on any atom is -0.493 e. The summed E-state index contributed by atoms with van der Waals surface area (Å²) < 4.78 is 10.5. The lowest BCUT2D eigenvalue weighted by Crippen LogP contribution is -2.63. The molecule has 4 rings (SSSR count). The van der Waals surface area contributed by atoms with E-state index in [0.29, 0.717) is 30.0 Å². The molecule has 3 heterocycles. The monoisotopic (exact) mass is 461 g/mol. The van der Waals surface area contributed by atoms with Crippen molar-refractivity contribution in [3.63, 3.8) is 0 Å². The first-order valence-corrected chi connectivity index (χ1v) is 8.40. The number of benzene rings is 1. The Morgan fingerprint density at radius 2 is 1.92 bits per heavy atom. The molecule has 1 aromatic rings. The lowest BCUT2D eigenvalue weighted by atomic mass is 10.1. The van der Waals surface area contributed by atoms with E-state index >= 15 is 0 Å². The number of ether oxygens (including phenoxy) is 2. The Morgan fingerprint density at radius 1 is 1.20 bits per heavy atom. The van der Waals surface area contributed by atoms with E-state index in [1.54, 1.807) is 14.2 Å². The average molecular weight is 461 g/mol. The third kappa shape index (κ3) is 5.11. The summed E-state index contributed by atoms with van der Waals surface area (Å²) in [6, 6.07) is 6.31. The highest BCUT2D eigenvalue weighted by Gasteiger charge is 2.31. The van der Waals surface area contributed by atoms with Crippen LogP contribution in [-0.2, 0) is 6.54 Å². The number of nitrogens with two attached hydrogens (primary N) is 1. The van der Waals surface area contributed by atoms with Gasteiger partial charge in [0, 0.05) is 45.3 Å². The van der Waals surface area contributed by atoms with E-state index in [4.69, 9.17) is 15.2 Å². The van der Waals surface area contributed by atoms with E-state index < -0.39 is 0 Å². The van der Waals surface area contributed by atoms with Crippen molar-refractivity contribution in [2.75, 3.05) is 53.5 Å². The normalized spacial score (nSPS) is 25.2. The molecule has 1 unspecified atom stereocenters. The van der Waals surface area contributed by atoms with Crippen molar-refractivity contribution in [3.8, 4) is 11.5 Å². The van der Waals surface area contributed by atoms with Gasteiger partial charge in [-0.15, -0.1) is 24.0 Å². The summed E-state index contributed by atoms with van der Waals surface area (Å²) in [5.41, 5.74) is 7.05. The van der Waals surface area contributed by atoms with Crippen LogP contribution in [-0.4, -0.2) is 75.3 Å². The molecule has 8 heteroatoms. The molecular weight excluding hydrogens is 433 g/mol. The molecule has 3 aliphatic rings. The van der Waals surface area contributed by atoms with Gasteiger partial charge in [0.25, 0.3) is 0 Å². The third-order valence-electron chi connectivity index (χ3n) is 4.79. The minimum absolute atomic E-state index is 0. The lowest BCUT2D eigenvalue weighted by Gasteiger charge is -2.47. The van der Waals surface area contributed by atoms with Gasteiger partial charge in [0.2, 0.25) is 0 Å². The number of aliphatic imine (C=N–C) groups is 1. The molecule has 25 heavy (non-hydrogen) atoms. The van der Waals surface area contributed by atoms with E-state index in [-0.39, 0.29) is 24.0 Å². The number of piperazine rings is 3. The molecule has 140 valence electrons. The Hall–Kier alpha value is -1.26. The number of halogens is 1. The SMILES string of the molecule is COc1ccc(CN=C(N)NCC2CN3CCN2CC3)cc1OC.I. The van der Waals surface area contributed by atoms with Crippen molar-refractivity contribution in [3.05, 3.63) is 23.8 Å². The maximum Gasteiger partial charge on any atom is 0.188 e. The van der Waals surface area contributed by atoms with Crippen LogP contribution in [0.25, 0.3) is 0 Å². The summed E-state index contributed by atoms with van der Waals surface area (Å²) in [7, 11) is 3.26. The molecule has 0 aliphatic carbocycles. The molecule has 0 radical (unpaired) electrons. The predicted octanol–water partition coefficient (Wildman–Crippen LogP) is 0.726. The minimum atomic E-state index is 0. The largest absolute Gasteiger partial charge is 0.493 e. The quantitative estimate of drug-likeness (QED) is 0.370. The van der Waals surface area contributed by atoms with Crippen molar-refractivity contribution in [2.24, 2.45) is 10.7 Å². The van der Waals surface area contributed by atoms with Crippen molar-refractivity contribution in [2.45, 2.75) is 12.6 Å². The number of nitrogens with zero attached hydrogens (tertiary/aromatic N) is 3. The van der Waals surface area contributed by atoms with Gasteiger partial charge in [0.1, 0.15) is 0 Å². The van der Waals surface area contributed by atoms with Crippen LogP contribution in [0.4, 0.5) is 0 Å². The topological polar surface area (TPSA) is 75.4 Å². The second kappa shape index (κ2) is 9.44. The fraction of sp³-hybridized carbons (Fsp3) is 0.588. The molecule has 3 N–H and O–H groups in total. The van der Waals surface area contributed by atoms with Gasteiger partial charge in [-0.2, -0.15) is 0 Å². The zero-order valence-corrected chi connectivity index (χ0v) is 17.2. The van der Waals surface area contributed by atoms with Gasteiger partial charge >= 0.3 is 0 Å². The Balaban J connectivity index is 0.00000225. The maximum atomic E-state index is 6.01. The van der Waals surface area contributed by atoms with Crippen LogP contribution >= 0.6 is 24.0 Å². The fourth-order valence-corrected chi connectivity index (χ4v) is 3.35. The lowest BCUT2D eigenvalue weighted by molar-refractivity contribution is 0.0154. The molecule has 0 amide bonds. The smallest absolute Gasteiger partial charge is 0.188 e. The highest BCUT2D eigenvalue weighted by atomic mass is 127. The first-order valence-electron chi connectivity index (χ1n) is 8.40. The zero-order valence-electron chi connectivity index (χ0n) is 14.9. The first kappa shape index (κ1) is 20.1. The molecule has 0 spiro atoms. The van der Waals surface area contributed by atoms with Crippen molar-refractivity contribution >= 4 is 29.9 Å². The van der Waals surface area contributed by atoms with Crippen molar-refractivity contribution in [1.82, 2.24) is 15.1 Å². The van der Waals surface area contributed by atoms with Gasteiger partial charge in [-0.25, -0.2) is 4.99 Å². The molecule has 3 fully saturated rings. The van der Waals surface area contributed by atoms with E-state index in [2.05, 4.69) is 20.1 Å². The molecule has 0 saturated carbocycles. The van der Waals surface area contributed by atoms with E-state index in [9.17, 15) is 0 Å². The standard InChI is InChI=1S/C17H27N5O2.HI/c1-23-15-4-3-13(9-16(15)24-2)10-19-17(18)20-11-14-12-21-5-7-22(14)8-6-21;/h3-4,9,14H,5-8,10-12H2,1-2H3,(H3,18,19,20);1H.